The van der Waals surface area contributed by atoms with Gasteiger partial charge >= 0.3 is 0 Å². The molecular weight excluding hydrogens is 206 g/mol. The van der Waals surface area contributed by atoms with Crippen LogP contribution in [0.1, 0.15) is 25.8 Å². The largest absolute Gasteiger partial charge is 0.298 e. The monoisotopic (exact) mass is 223 g/mol. The highest BCUT2D eigenvalue weighted by Gasteiger charge is 2.06. The second kappa shape index (κ2) is 6.62. The number of thioether (sulfide) groups is 1. The number of carbonyl (C=O) groups excluding carboxylic acids is 1. The number of rotatable bonds is 6. The molecule has 0 saturated heterocycles. The summed E-state index contributed by atoms with van der Waals surface area (Å²) in [7, 11) is 0. The molecule has 1 aromatic rings. The Hall–Kier alpha value is -0.830. The number of carbonyl (C=O) groups is 1. The van der Waals surface area contributed by atoms with Crippen molar-refractivity contribution in [2.75, 3.05) is 5.75 Å². The summed E-state index contributed by atoms with van der Waals surface area (Å²) in [5, 5.41) is 0.575. The second-order valence-corrected chi connectivity index (χ2v) is 5.03. The van der Waals surface area contributed by atoms with E-state index in [0.717, 1.165) is 12.0 Å². The van der Waals surface area contributed by atoms with Gasteiger partial charge in [-0.2, -0.15) is 11.8 Å². The Bertz CT molecular complexity index is 300. The Labute approximate surface area is 95.5 Å². The standard InChI is InChI=1S/C12H17NOS/c1-3-10(2)15-9-12(14)8-11-4-6-13-7-5-11/h4-7,10H,3,8-9H2,1-2H3. The van der Waals surface area contributed by atoms with Crippen LogP contribution in [-0.2, 0) is 11.2 Å². The Morgan fingerprint density at radius 2 is 2.13 bits per heavy atom. The first-order valence-electron chi connectivity index (χ1n) is 5.24. The Balaban J connectivity index is 2.31. The van der Waals surface area contributed by atoms with Crippen LogP contribution < -0.4 is 0 Å². The van der Waals surface area contributed by atoms with Gasteiger partial charge in [0, 0.05) is 24.1 Å². The third-order valence-corrected chi connectivity index (χ3v) is 3.65. The molecule has 0 spiro atoms. The molecule has 2 nitrogen and oxygen atoms in total. The quantitative estimate of drug-likeness (QED) is 0.742. The minimum absolute atomic E-state index is 0.298. The Kier molecular flexibility index (Phi) is 5.40. The van der Waals surface area contributed by atoms with Gasteiger partial charge in [-0.05, 0) is 24.1 Å². The van der Waals surface area contributed by atoms with Crippen LogP contribution in [0.25, 0.3) is 0 Å². The number of hydrogen-bond acceptors (Lipinski definition) is 3. The SMILES string of the molecule is CCC(C)SCC(=O)Cc1ccncc1. The molecule has 0 aromatic carbocycles. The van der Waals surface area contributed by atoms with Crippen molar-refractivity contribution in [3.05, 3.63) is 30.1 Å². The van der Waals surface area contributed by atoms with Gasteiger partial charge < -0.3 is 0 Å². The van der Waals surface area contributed by atoms with E-state index in [1.807, 2.05) is 12.1 Å². The van der Waals surface area contributed by atoms with E-state index >= 15 is 0 Å². The molecule has 0 fully saturated rings. The normalized spacial score (nSPS) is 12.4. The summed E-state index contributed by atoms with van der Waals surface area (Å²) in [4.78, 5) is 15.5. The van der Waals surface area contributed by atoms with Crippen LogP contribution in [0.5, 0.6) is 0 Å². The first-order chi connectivity index (χ1) is 7.22. The summed E-state index contributed by atoms with van der Waals surface area (Å²) in [6, 6.07) is 3.79. The molecule has 0 saturated carbocycles. The molecule has 1 atom stereocenters. The molecule has 82 valence electrons. The predicted octanol–water partition coefficient (Wildman–Crippen LogP) is 2.72. The van der Waals surface area contributed by atoms with Crippen LogP contribution in [0.4, 0.5) is 0 Å². The maximum Gasteiger partial charge on any atom is 0.147 e. The van der Waals surface area contributed by atoms with Crippen LogP contribution in [0.2, 0.25) is 0 Å². The molecule has 0 amide bonds. The predicted molar refractivity (Wildman–Crippen MR) is 65.2 cm³/mol. The van der Waals surface area contributed by atoms with Crippen molar-refractivity contribution < 1.29 is 4.79 Å². The Morgan fingerprint density at radius 3 is 2.73 bits per heavy atom. The molecule has 0 aliphatic heterocycles. The average Bonchev–Trinajstić information content (AvgIpc) is 2.27. The molecule has 0 aliphatic rings. The van der Waals surface area contributed by atoms with Crippen LogP contribution in [0.3, 0.4) is 0 Å². The molecule has 0 aliphatic carbocycles. The molecule has 0 bridgehead atoms. The van der Waals surface area contributed by atoms with Gasteiger partial charge in [0.15, 0.2) is 0 Å². The highest BCUT2D eigenvalue weighted by Crippen LogP contribution is 2.14. The number of nitrogens with zero attached hydrogens (tertiary/aromatic N) is 1. The van der Waals surface area contributed by atoms with Crippen molar-refractivity contribution in [3.8, 4) is 0 Å². The summed E-state index contributed by atoms with van der Waals surface area (Å²) < 4.78 is 0. The van der Waals surface area contributed by atoms with Crippen molar-refractivity contribution >= 4 is 17.5 Å². The van der Waals surface area contributed by atoms with E-state index in [1.165, 1.54) is 0 Å². The lowest BCUT2D eigenvalue weighted by Crippen LogP contribution is -2.08. The molecule has 3 heteroatoms. The number of ketones is 1. The molecule has 1 heterocycles. The van der Waals surface area contributed by atoms with E-state index in [9.17, 15) is 4.79 Å². The van der Waals surface area contributed by atoms with Gasteiger partial charge in [0.05, 0.1) is 5.75 Å². The summed E-state index contributed by atoms with van der Waals surface area (Å²) in [5.74, 6) is 0.920. The van der Waals surface area contributed by atoms with Gasteiger partial charge in [-0.25, -0.2) is 0 Å². The fourth-order valence-electron chi connectivity index (χ4n) is 1.13. The summed E-state index contributed by atoms with van der Waals surface area (Å²) in [5.41, 5.74) is 1.06. The van der Waals surface area contributed by atoms with Crippen LogP contribution in [-0.4, -0.2) is 21.8 Å². The zero-order chi connectivity index (χ0) is 11.1. The van der Waals surface area contributed by atoms with Crippen LogP contribution in [0.15, 0.2) is 24.5 Å². The maximum atomic E-state index is 11.6. The van der Waals surface area contributed by atoms with Gasteiger partial charge in [-0.15, -0.1) is 0 Å². The van der Waals surface area contributed by atoms with Crippen molar-refractivity contribution in [2.24, 2.45) is 0 Å². The molecule has 15 heavy (non-hydrogen) atoms. The van der Waals surface area contributed by atoms with E-state index in [2.05, 4.69) is 18.8 Å². The van der Waals surface area contributed by atoms with Gasteiger partial charge in [0.25, 0.3) is 0 Å². The zero-order valence-electron chi connectivity index (χ0n) is 9.27. The van der Waals surface area contributed by atoms with Gasteiger partial charge in [0.1, 0.15) is 5.78 Å². The first-order valence-corrected chi connectivity index (χ1v) is 6.29. The highest BCUT2D eigenvalue weighted by atomic mass is 32.2. The Morgan fingerprint density at radius 1 is 1.47 bits per heavy atom. The molecule has 1 unspecified atom stereocenters. The van der Waals surface area contributed by atoms with Crippen LogP contribution >= 0.6 is 11.8 Å². The molecule has 0 N–H and O–H groups in total. The average molecular weight is 223 g/mol. The fraction of sp³-hybridized carbons (Fsp3) is 0.500. The lowest BCUT2D eigenvalue weighted by Gasteiger charge is -2.06. The van der Waals surface area contributed by atoms with Gasteiger partial charge in [-0.1, -0.05) is 13.8 Å². The number of pyridine rings is 1. The van der Waals surface area contributed by atoms with E-state index in [0.29, 0.717) is 23.2 Å². The molecule has 1 aromatic heterocycles. The number of Topliss-reactive ketones (excluding diaryl/α,β-unsaturated/α-hetero) is 1. The van der Waals surface area contributed by atoms with Crippen molar-refractivity contribution in [1.29, 1.82) is 0 Å². The second-order valence-electron chi connectivity index (χ2n) is 3.60. The lowest BCUT2D eigenvalue weighted by atomic mass is 10.1. The first kappa shape index (κ1) is 12.2. The summed E-state index contributed by atoms with van der Waals surface area (Å²) in [6.45, 7) is 4.30. The van der Waals surface area contributed by atoms with Crippen molar-refractivity contribution in [2.45, 2.75) is 31.9 Å². The van der Waals surface area contributed by atoms with Crippen molar-refractivity contribution in [3.63, 3.8) is 0 Å². The van der Waals surface area contributed by atoms with E-state index < -0.39 is 0 Å². The van der Waals surface area contributed by atoms with Gasteiger partial charge in [0.2, 0.25) is 0 Å². The summed E-state index contributed by atoms with van der Waals surface area (Å²) in [6.07, 6.45) is 5.11. The highest BCUT2D eigenvalue weighted by molar-refractivity contribution is 8.00. The molecule has 1 rings (SSSR count). The molecular formula is C12H17NOS. The lowest BCUT2D eigenvalue weighted by molar-refractivity contribution is -0.116. The third-order valence-electron chi connectivity index (χ3n) is 2.25. The topological polar surface area (TPSA) is 30.0 Å². The van der Waals surface area contributed by atoms with Gasteiger partial charge in [-0.3, -0.25) is 9.78 Å². The zero-order valence-corrected chi connectivity index (χ0v) is 10.1. The maximum absolute atomic E-state index is 11.6. The minimum atomic E-state index is 0.298. The van der Waals surface area contributed by atoms with E-state index in [1.54, 1.807) is 24.2 Å². The number of aromatic nitrogens is 1. The molecule has 0 radical (unpaired) electrons. The van der Waals surface area contributed by atoms with Crippen LogP contribution in [0, 0.1) is 0 Å². The summed E-state index contributed by atoms with van der Waals surface area (Å²) >= 11 is 1.74. The number of hydrogen-bond donors (Lipinski definition) is 0. The van der Waals surface area contributed by atoms with E-state index in [4.69, 9.17) is 0 Å². The third kappa shape index (κ3) is 4.98. The van der Waals surface area contributed by atoms with Crippen molar-refractivity contribution in [1.82, 2.24) is 4.98 Å². The fourth-order valence-corrected chi connectivity index (χ4v) is 1.94. The minimum Gasteiger partial charge on any atom is -0.298 e. The smallest absolute Gasteiger partial charge is 0.147 e. The van der Waals surface area contributed by atoms with E-state index in [-0.39, 0.29) is 0 Å².